The summed E-state index contributed by atoms with van der Waals surface area (Å²) in [5.41, 5.74) is 2.20. The molecular weight excluding hydrogens is 478 g/mol. The van der Waals surface area contributed by atoms with Gasteiger partial charge in [-0.2, -0.15) is 0 Å². The number of benzene rings is 4. The van der Waals surface area contributed by atoms with Crippen molar-refractivity contribution in [3.05, 3.63) is 96.1 Å². The minimum absolute atomic E-state index is 0.0138. The van der Waals surface area contributed by atoms with Gasteiger partial charge in [0.2, 0.25) is 11.8 Å². The molecule has 7 nitrogen and oxygen atoms in total. The summed E-state index contributed by atoms with van der Waals surface area (Å²) < 4.78 is 0. The Morgan fingerprint density at radius 1 is 0.658 bits per heavy atom. The molecule has 0 radical (unpaired) electrons. The summed E-state index contributed by atoms with van der Waals surface area (Å²) in [6.07, 6.45) is 0.175. The number of nitrogens with one attached hydrogen (secondary N) is 2. The van der Waals surface area contributed by atoms with Crippen LogP contribution in [-0.4, -0.2) is 54.1 Å². The molecule has 1 heterocycles. The van der Waals surface area contributed by atoms with Crippen molar-refractivity contribution < 1.29 is 19.5 Å². The molecule has 0 bridgehead atoms. The molecule has 1 aliphatic rings. The first kappa shape index (κ1) is 25.3. The van der Waals surface area contributed by atoms with E-state index in [0.29, 0.717) is 25.9 Å². The Bertz CT molecular complexity index is 1380. The SMILES string of the molecule is O=C(NCCc1ccc2ccccc2c1)[C@@H]1CN(C(=O)O)C[C@H]1C(=O)NCCc1ccc2ccccc2c1. The van der Waals surface area contributed by atoms with Crippen molar-refractivity contribution in [2.45, 2.75) is 12.8 Å². The number of likely N-dealkylation sites (tertiary alicyclic amines) is 1. The molecule has 4 aromatic carbocycles. The van der Waals surface area contributed by atoms with Crippen LogP contribution in [0.15, 0.2) is 84.9 Å². The van der Waals surface area contributed by atoms with Crippen LogP contribution in [0.4, 0.5) is 4.79 Å². The van der Waals surface area contributed by atoms with Crippen LogP contribution in [0.25, 0.3) is 21.5 Å². The van der Waals surface area contributed by atoms with Crippen molar-refractivity contribution in [2.75, 3.05) is 26.2 Å². The van der Waals surface area contributed by atoms with E-state index in [9.17, 15) is 19.5 Å². The minimum atomic E-state index is -1.12. The predicted octanol–water partition coefficient (Wildman–Crippen LogP) is 4.24. The Hall–Kier alpha value is -4.39. The van der Waals surface area contributed by atoms with Gasteiger partial charge in [-0.1, -0.05) is 84.9 Å². The molecule has 3 amide bonds. The predicted molar refractivity (Wildman–Crippen MR) is 148 cm³/mol. The molecule has 0 aromatic heterocycles. The average Bonchev–Trinajstić information content (AvgIpc) is 3.39. The quantitative estimate of drug-likeness (QED) is 0.331. The second-order valence-electron chi connectivity index (χ2n) is 9.85. The second kappa shape index (κ2) is 11.3. The van der Waals surface area contributed by atoms with E-state index in [4.69, 9.17) is 0 Å². The zero-order valence-corrected chi connectivity index (χ0v) is 21.1. The van der Waals surface area contributed by atoms with Crippen LogP contribution in [0.2, 0.25) is 0 Å². The third-order valence-corrected chi connectivity index (χ3v) is 7.32. The van der Waals surface area contributed by atoms with Gasteiger partial charge in [-0.15, -0.1) is 0 Å². The smallest absolute Gasteiger partial charge is 0.407 e. The lowest BCUT2D eigenvalue weighted by Crippen LogP contribution is -2.42. The van der Waals surface area contributed by atoms with Crippen molar-refractivity contribution in [1.82, 2.24) is 15.5 Å². The Morgan fingerprint density at radius 2 is 1.08 bits per heavy atom. The molecule has 1 fully saturated rings. The zero-order chi connectivity index (χ0) is 26.5. The Kier molecular flexibility index (Phi) is 7.54. The van der Waals surface area contributed by atoms with Crippen LogP contribution in [0.3, 0.4) is 0 Å². The average molecular weight is 510 g/mol. The number of hydrogen-bond acceptors (Lipinski definition) is 3. The highest BCUT2D eigenvalue weighted by Gasteiger charge is 2.43. The molecule has 7 heteroatoms. The van der Waals surface area contributed by atoms with Crippen molar-refractivity contribution >= 4 is 39.5 Å². The number of amides is 3. The van der Waals surface area contributed by atoms with Gasteiger partial charge in [-0.3, -0.25) is 9.59 Å². The van der Waals surface area contributed by atoms with E-state index in [0.717, 1.165) is 37.6 Å². The monoisotopic (exact) mass is 509 g/mol. The van der Waals surface area contributed by atoms with Crippen molar-refractivity contribution in [3.8, 4) is 0 Å². The molecular formula is C31H31N3O4. The number of carboxylic acid groups (broad SMARTS) is 1. The fourth-order valence-electron chi connectivity index (χ4n) is 5.20. The highest BCUT2D eigenvalue weighted by atomic mass is 16.4. The largest absolute Gasteiger partial charge is 0.465 e. The molecule has 194 valence electrons. The van der Waals surface area contributed by atoms with Crippen LogP contribution in [0.5, 0.6) is 0 Å². The molecule has 3 N–H and O–H groups in total. The molecule has 38 heavy (non-hydrogen) atoms. The lowest BCUT2D eigenvalue weighted by atomic mass is 9.94. The molecule has 0 aliphatic carbocycles. The van der Waals surface area contributed by atoms with Gasteiger partial charge >= 0.3 is 6.09 Å². The molecule has 2 atom stereocenters. The van der Waals surface area contributed by atoms with Gasteiger partial charge in [0, 0.05) is 26.2 Å². The fourth-order valence-corrected chi connectivity index (χ4v) is 5.20. The van der Waals surface area contributed by atoms with Gasteiger partial charge in [0.05, 0.1) is 11.8 Å². The van der Waals surface area contributed by atoms with Gasteiger partial charge in [0.15, 0.2) is 0 Å². The molecule has 0 spiro atoms. The number of hydrogen-bond donors (Lipinski definition) is 3. The van der Waals surface area contributed by atoms with Crippen molar-refractivity contribution in [3.63, 3.8) is 0 Å². The Balaban J connectivity index is 1.16. The van der Waals surface area contributed by atoms with E-state index in [2.05, 4.69) is 59.2 Å². The first-order valence-electron chi connectivity index (χ1n) is 13.0. The molecule has 0 saturated carbocycles. The van der Waals surface area contributed by atoms with Gasteiger partial charge in [0.25, 0.3) is 0 Å². The summed E-state index contributed by atoms with van der Waals surface area (Å²) in [5.74, 6) is -2.01. The van der Waals surface area contributed by atoms with Crippen LogP contribution in [-0.2, 0) is 22.4 Å². The summed E-state index contributed by atoms with van der Waals surface area (Å²) in [5, 5.41) is 20.0. The maximum Gasteiger partial charge on any atom is 0.407 e. The van der Waals surface area contributed by atoms with E-state index < -0.39 is 17.9 Å². The van der Waals surface area contributed by atoms with E-state index in [1.54, 1.807) is 0 Å². The van der Waals surface area contributed by atoms with E-state index in [1.165, 1.54) is 0 Å². The molecule has 5 rings (SSSR count). The molecule has 1 aliphatic heterocycles. The topological polar surface area (TPSA) is 98.7 Å². The molecule has 0 unspecified atom stereocenters. The van der Waals surface area contributed by atoms with Crippen LogP contribution in [0.1, 0.15) is 11.1 Å². The van der Waals surface area contributed by atoms with Crippen LogP contribution >= 0.6 is 0 Å². The fraction of sp³-hybridized carbons (Fsp3) is 0.258. The lowest BCUT2D eigenvalue weighted by Gasteiger charge is -2.17. The number of fused-ring (bicyclic) bond motifs is 2. The lowest BCUT2D eigenvalue weighted by molar-refractivity contribution is -0.132. The van der Waals surface area contributed by atoms with E-state index >= 15 is 0 Å². The second-order valence-corrected chi connectivity index (χ2v) is 9.85. The van der Waals surface area contributed by atoms with Gasteiger partial charge in [0.1, 0.15) is 0 Å². The maximum absolute atomic E-state index is 13.0. The van der Waals surface area contributed by atoms with Crippen LogP contribution in [0, 0.1) is 11.8 Å². The summed E-state index contributed by atoms with van der Waals surface area (Å²) in [6.45, 7) is 0.855. The minimum Gasteiger partial charge on any atom is -0.465 e. The van der Waals surface area contributed by atoms with Crippen LogP contribution < -0.4 is 10.6 Å². The van der Waals surface area contributed by atoms with E-state index in [-0.39, 0.29) is 24.9 Å². The standard InChI is InChI=1S/C31H31N3O4/c35-29(32-15-13-21-9-11-23-5-1-3-7-25(23)17-21)27-19-34(31(37)38)20-28(27)30(36)33-16-14-22-10-12-24-6-2-4-8-26(24)18-22/h1-12,17-18,27-28H,13-16,19-20H2,(H,32,35)(H,33,36)(H,37,38)/t27-,28-/m1/s1. The van der Waals surface area contributed by atoms with Gasteiger partial charge < -0.3 is 20.6 Å². The summed E-state index contributed by atoms with van der Waals surface area (Å²) in [7, 11) is 0. The number of carbonyl (C=O) groups is 3. The number of carbonyl (C=O) groups excluding carboxylic acids is 2. The first-order chi connectivity index (χ1) is 18.5. The molecule has 4 aromatic rings. The van der Waals surface area contributed by atoms with E-state index in [1.807, 2.05) is 36.4 Å². The summed E-state index contributed by atoms with van der Waals surface area (Å²) in [4.78, 5) is 38.8. The Labute approximate surface area is 221 Å². The third-order valence-electron chi connectivity index (χ3n) is 7.32. The normalized spacial score (nSPS) is 17.0. The van der Waals surface area contributed by atoms with Gasteiger partial charge in [-0.25, -0.2) is 4.79 Å². The molecule has 1 saturated heterocycles. The summed E-state index contributed by atoms with van der Waals surface area (Å²) >= 11 is 0. The number of rotatable bonds is 8. The van der Waals surface area contributed by atoms with Crippen molar-refractivity contribution in [1.29, 1.82) is 0 Å². The zero-order valence-electron chi connectivity index (χ0n) is 21.1. The summed E-state index contributed by atoms with van der Waals surface area (Å²) in [6, 6.07) is 28.6. The first-order valence-corrected chi connectivity index (χ1v) is 13.0. The van der Waals surface area contributed by atoms with Crippen molar-refractivity contribution in [2.24, 2.45) is 11.8 Å². The highest BCUT2D eigenvalue weighted by Crippen LogP contribution is 2.24. The Morgan fingerprint density at radius 3 is 1.50 bits per heavy atom. The van der Waals surface area contributed by atoms with Gasteiger partial charge in [-0.05, 0) is 45.5 Å². The highest BCUT2D eigenvalue weighted by molar-refractivity contribution is 5.90. The maximum atomic E-state index is 13.0. The number of nitrogens with zero attached hydrogens (tertiary/aromatic N) is 1. The third kappa shape index (κ3) is 5.78.